The summed E-state index contributed by atoms with van der Waals surface area (Å²) in [6.45, 7) is 3.81. The number of halogens is 1. The number of nitrogens with zero attached hydrogens (tertiary/aromatic N) is 1. The van der Waals surface area contributed by atoms with Crippen LogP contribution in [0.1, 0.15) is 0 Å². The van der Waals surface area contributed by atoms with Gasteiger partial charge in [-0.1, -0.05) is 18.2 Å². The lowest BCUT2D eigenvalue weighted by molar-refractivity contribution is 0.499. The van der Waals surface area contributed by atoms with Crippen LogP contribution in [0.15, 0.2) is 46.3 Å². The summed E-state index contributed by atoms with van der Waals surface area (Å²) < 4.78 is 25.8. The number of hydrogen-bond acceptors (Lipinski definition) is 2. The highest BCUT2D eigenvalue weighted by molar-refractivity contribution is 9.10. The van der Waals surface area contributed by atoms with E-state index in [1.807, 2.05) is 0 Å². The van der Waals surface area contributed by atoms with E-state index >= 15 is 0 Å². The first kappa shape index (κ1) is 12.4. The molecule has 0 atom stereocenters. The zero-order valence-corrected chi connectivity index (χ0v) is 10.8. The van der Waals surface area contributed by atoms with Crippen molar-refractivity contribution in [3.05, 3.63) is 41.4 Å². The molecule has 15 heavy (non-hydrogen) atoms. The van der Waals surface area contributed by atoms with Crippen molar-refractivity contribution in [2.24, 2.45) is 0 Å². The molecule has 0 radical (unpaired) electrons. The van der Waals surface area contributed by atoms with E-state index in [4.69, 9.17) is 0 Å². The Morgan fingerprint density at radius 2 is 2.07 bits per heavy atom. The Morgan fingerprint density at radius 1 is 1.47 bits per heavy atom. The molecule has 0 aliphatic carbocycles. The molecule has 0 bridgehead atoms. The second-order valence-electron chi connectivity index (χ2n) is 3.00. The average Bonchev–Trinajstić information content (AvgIpc) is 2.18. The van der Waals surface area contributed by atoms with Crippen molar-refractivity contribution in [3.8, 4) is 0 Å². The fourth-order valence-electron chi connectivity index (χ4n) is 1.10. The van der Waals surface area contributed by atoms with Crippen LogP contribution < -0.4 is 0 Å². The van der Waals surface area contributed by atoms with Crippen LogP contribution >= 0.6 is 15.9 Å². The Hall–Kier alpha value is -0.650. The predicted octanol–water partition coefficient (Wildman–Crippen LogP) is 2.26. The normalized spacial score (nSPS) is 11.7. The van der Waals surface area contributed by atoms with Gasteiger partial charge in [-0.25, -0.2) is 8.42 Å². The molecule has 0 aliphatic heterocycles. The van der Waals surface area contributed by atoms with Gasteiger partial charge in [0.25, 0.3) is 0 Å². The number of likely N-dealkylation sites (N-methyl/N-ethyl adjacent to an activating group) is 1. The van der Waals surface area contributed by atoms with Gasteiger partial charge in [-0.3, -0.25) is 0 Å². The predicted molar refractivity (Wildman–Crippen MR) is 64.2 cm³/mol. The number of rotatable bonds is 4. The highest BCUT2D eigenvalue weighted by atomic mass is 79.9. The quantitative estimate of drug-likeness (QED) is 0.798. The second-order valence-corrected chi connectivity index (χ2v) is 5.87. The average molecular weight is 290 g/mol. The number of sulfonamides is 1. The van der Waals surface area contributed by atoms with Crippen molar-refractivity contribution in [2.45, 2.75) is 4.90 Å². The molecule has 0 spiro atoms. The molecule has 1 aromatic carbocycles. The molecule has 0 fully saturated rings. The Labute approximate surface area is 98.6 Å². The van der Waals surface area contributed by atoms with Gasteiger partial charge in [-0.2, -0.15) is 4.31 Å². The van der Waals surface area contributed by atoms with E-state index in [-0.39, 0.29) is 4.90 Å². The van der Waals surface area contributed by atoms with Crippen LogP contribution in [0.4, 0.5) is 0 Å². The fraction of sp³-hybridized carbons (Fsp3) is 0.200. The lowest BCUT2D eigenvalue weighted by Gasteiger charge is -2.15. The minimum Gasteiger partial charge on any atom is -0.207 e. The number of benzene rings is 1. The van der Waals surface area contributed by atoms with Gasteiger partial charge >= 0.3 is 0 Å². The smallest absolute Gasteiger partial charge is 0.207 e. The summed E-state index contributed by atoms with van der Waals surface area (Å²) in [5, 5.41) is 0. The molecule has 0 N–H and O–H groups in total. The van der Waals surface area contributed by atoms with Gasteiger partial charge in [-0.15, -0.1) is 6.58 Å². The van der Waals surface area contributed by atoms with Crippen LogP contribution in [0, 0.1) is 0 Å². The maximum absolute atomic E-state index is 12.0. The van der Waals surface area contributed by atoms with Crippen molar-refractivity contribution >= 4 is 26.0 Å². The topological polar surface area (TPSA) is 37.4 Å². The molecule has 82 valence electrons. The molecule has 0 aromatic heterocycles. The lowest BCUT2D eigenvalue weighted by Crippen LogP contribution is -2.27. The Balaban J connectivity index is 3.17. The second kappa shape index (κ2) is 4.92. The first-order valence-electron chi connectivity index (χ1n) is 4.32. The third-order valence-electron chi connectivity index (χ3n) is 1.91. The highest BCUT2D eigenvalue weighted by Crippen LogP contribution is 2.23. The van der Waals surface area contributed by atoms with E-state index < -0.39 is 10.0 Å². The van der Waals surface area contributed by atoms with Crippen molar-refractivity contribution in [1.29, 1.82) is 0 Å². The highest BCUT2D eigenvalue weighted by Gasteiger charge is 2.21. The maximum atomic E-state index is 12.0. The molecule has 0 aliphatic rings. The minimum atomic E-state index is -3.42. The molecular weight excluding hydrogens is 278 g/mol. The summed E-state index contributed by atoms with van der Waals surface area (Å²) in [4.78, 5) is 0.273. The van der Waals surface area contributed by atoms with E-state index in [1.165, 1.54) is 11.4 Å². The molecule has 0 unspecified atom stereocenters. The molecule has 0 heterocycles. The summed E-state index contributed by atoms with van der Waals surface area (Å²) >= 11 is 3.22. The molecule has 1 rings (SSSR count). The SMILES string of the molecule is C=CCN(C)S(=O)(=O)c1ccccc1Br. The van der Waals surface area contributed by atoms with Crippen molar-refractivity contribution in [1.82, 2.24) is 4.31 Å². The van der Waals surface area contributed by atoms with E-state index in [2.05, 4.69) is 22.5 Å². The summed E-state index contributed by atoms with van der Waals surface area (Å²) in [5.41, 5.74) is 0. The molecule has 1 aromatic rings. The van der Waals surface area contributed by atoms with Gasteiger partial charge in [0.15, 0.2) is 0 Å². The monoisotopic (exact) mass is 289 g/mol. The van der Waals surface area contributed by atoms with Gasteiger partial charge in [0.2, 0.25) is 10.0 Å². The largest absolute Gasteiger partial charge is 0.244 e. The molecule has 0 saturated heterocycles. The summed E-state index contributed by atoms with van der Waals surface area (Å²) in [5.74, 6) is 0. The molecule has 3 nitrogen and oxygen atoms in total. The van der Waals surface area contributed by atoms with E-state index in [1.54, 1.807) is 30.3 Å². The third kappa shape index (κ3) is 2.68. The van der Waals surface area contributed by atoms with Crippen LogP contribution in [0.2, 0.25) is 0 Å². The van der Waals surface area contributed by atoms with Crippen LogP contribution in [0.25, 0.3) is 0 Å². The molecule has 5 heteroatoms. The molecule has 0 saturated carbocycles. The summed E-state index contributed by atoms with van der Waals surface area (Å²) in [6.07, 6.45) is 1.55. The van der Waals surface area contributed by atoms with Crippen LogP contribution in [0.3, 0.4) is 0 Å². The van der Waals surface area contributed by atoms with Crippen LogP contribution in [-0.2, 0) is 10.0 Å². The molecular formula is C10H12BrNO2S. The maximum Gasteiger partial charge on any atom is 0.244 e. The van der Waals surface area contributed by atoms with Crippen molar-refractivity contribution in [3.63, 3.8) is 0 Å². The van der Waals surface area contributed by atoms with E-state index in [0.29, 0.717) is 11.0 Å². The van der Waals surface area contributed by atoms with Crippen molar-refractivity contribution in [2.75, 3.05) is 13.6 Å². The zero-order chi connectivity index (χ0) is 11.5. The van der Waals surface area contributed by atoms with E-state index in [0.717, 1.165) is 0 Å². The number of hydrogen-bond donors (Lipinski definition) is 0. The fourth-order valence-corrected chi connectivity index (χ4v) is 3.20. The first-order valence-corrected chi connectivity index (χ1v) is 6.55. The lowest BCUT2D eigenvalue weighted by atomic mass is 10.4. The van der Waals surface area contributed by atoms with Crippen LogP contribution in [0.5, 0.6) is 0 Å². The standard InChI is InChI=1S/C10H12BrNO2S/c1-3-8-12(2)15(13,14)10-7-5-4-6-9(10)11/h3-7H,1,8H2,2H3. The van der Waals surface area contributed by atoms with Crippen molar-refractivity contribution < 1.29 is 8.42 Å². The summed E-state index contributed by atoms with van der Waals surface area (Å²) in [6, 6.07) is 6.74. The Morgan fingerprint density at radius 3 is 2.60 bits per heavy atom. The van der Waals surface area contributed by atoms with Gasteiger partial charge in [0.05, 0.1) is 4.90 Å². The Bertz CT molecular complexity index is 456. The van der Waals surface area contributed by atoms with Gasteiger partial charge in [-0.05, 0) is 28.1 Å². The Kier molecular flexibility index (Phi) is 4.07. The van der Waals surface area contributed by atoms with Gasteiger partial charge in [0.1, 0.15) is 0 Å². The van der Waals surface area contributed by atoms with Gasteiger partial charge in [0, 0.05) is 18.1 Å². The first-order chi connectivity index (χ1) is 7.00. The van der Waals surface area contributed by atoms with Crippen LogP contribution in [-0.4, -0.2) is 26.3 Å². The summed E-state index contributed by atoms with van der Waals surface area (Å²) in [7, 11) is -1.89. The van der Waals surface area contributed by atoms with E-state index in [9.17, 15) is 8.42 Å². The van der Waals surface area contributed by atoms with Gasteiger partial charge < -0.3 is 0 Å². The minimum absolute atomic E-state index is 0.273. The molecule has 0 amide bonds. The zero-order valence-electron chi connectivity index (χ0n) is 8.35. The third-order valence-corrected chi connectivity index (χ3v) is 4.75.